The van der Waals surface area contributed by atoms with E-state index in [1.54, 1.807) is 6.92 Å². The van der Waals surface area contributed by atoms with Crippen molar-refractivity contribution in [2.24, 2.45) is 5.92 Å². The van der Waals surface area contributed by atoms with Gasteiger partial charge in [0.15, 0.2) is 0 Å². The largest absolute Gasteiger partial charge is 0.522 e. The zero-order valence-corrected chi connectivity index (χ0v) is 18.6. The molecule has 0 unspecified atom stereocenters. The predicted molar refractivity (Wildman–Crippen MR) is 115 cm³/mol. The molecule has 0 spiro atoms. The number of ether oxygens (including phenoxy) is 3. The number of nitrogens with zero attached hydrogens (tertiary/aromatic N) is 4. The number of hydrogen-bond donors (Lipinski definition) is 1. The van der Waals surface area contributed by atoms with Gasteiger partial charge in [0, 0.05) is 12.8 Å². The van der Waals surface area contributed by atoms with Gasteiger partial charge in [0.1, 0.15) is 18.7 Å². The van der Waals surface area contributed by atoms with E-state index in [0.29, 0.717) is 5.56 Å². The quantitative estimate of drug-likeness (QED) is 0.309. The van der Waals surface area contributed by atoms with Crippen molar-refractivity contribution in [1.29, 1.82) is 0 Å². The number of quaternary nitrogens is 1. The van der Waals surface area contributed by atoms with E-state index in [0.717, 1.165) is 6.33 Å². The molecule has 0 bridgehead atoms. The van der Waals surface area contributed by atoms with Gasteiger partial charge in [-0.2, -0.15) is 28.0 Å². The molecule has 0 radical (unpaired) electrons. The van der Waals surface area contributed by atoms with Gasteiger partial charge < -0.3 is 19.3 Å². The molecule has 0 atom stereocenters. The summed E-state index contributed by atoms with van der Waals surface area (Å²) in [6.07, 6.45) is 0.336. The number of rotatable bonds is 9. The molecule has 1 saturated heterocycles. The second kappa shape index (κ2) is 11.0. The van der Waals surface area contributed by atoms with E-state index in [1.807, 2.05) is 0 Å². The van der Waals surface area contributed by atoms with Crippen molar-refractivity contribution in [3.8, 4) is 11.6 Å². The number of carboxylic acids is 1. The zero-order valence-electron chi connectivity index (χ0n) is 18.6. The number of alkyl halides is 2. The summed E-state index contributed by atoms with van der Waals surface area (Å²) in [5.41, 5.74) is -0.302. The minimum absolute atomic E-state index is 0.000456. The summed E-state index contributed by atoms with van der Waals surface area (Å²) in [5.74, 6) is -2.58. The van der Waals surface area contributed by atoms with Gasteiger partial charge in [-0.1, -0.05) is 12.1 Å². The monoisotopic (exact) mass is 497 g/mol. The Labute approximate surface area is 197 Å². The maximum Gasteiger partial charge on any atom is 0.522 e. The van der Waals surface area contributed by atoms with Gasteiger partial charge >= 0.3 is 36.1 Å². The molecule has 1 N–H and O–H groups in total. The van der Waals surface area contributed by atoms with Gasteiger partial charge in [0.05, 0.1) is 30.5 Å². The molecule has 1 aliphatic rings. The molecule has 1 fully saturated rings. The highest BCUT2D eigenvalue weighted by molar-refractivity contribution is 5.85. The van der Waals surface area contributed by atoms with E-state index < -0.39 is 45.6 Å². The Hall–Kier alpha value is -3.94. The molecular formula is C21H23F2N4O8+. The third kappa shape index (κ3) is 5.77. The van der Waals surface area contributed by atoms with Crippen molar-refractivity contribution in [3.05, 3.63) is 46.3 Å². The Morgan fingerprint density at radius 3 is 2.60 bits per heavy atom. The fourth-order valence-corrected chi connectivity index (χ4v) is 3.88. The third-order valence-corrected chi connectivity index (χ3v) is 5.54. The Kier molecular flexibility index (Phi) is 8.06. The summed E-state index contributed by atoms with van der Waals surface area (Å²) < 4.78 is 39.3. The molecule has 188 valence electrons. The molecule has 2 aromatic rings. The molecule has 12 nitrogen and oxygen atoms in total. The molecule has 0 saturated carbocycles. The van der Waals surface area contributed by atoms with E-state index >= 15 is 0 Å². The highest BCUT2D eigenvalue weighted by atomic mass is 19.3. The fraction of sp³-hybridized carbons (Fsp3) is 0.429. The highest BCUT2D eigenvalue weighted by Crippen LogP contribution is 2.41. The first-order valence-electron chi connectivity index (χ1n) is 10.6. The van der Waals surface area contributed by atoms with Crippen LogP contribution >= 0.6 is 0 Å². The standard InChI is InChI=1S/C21H22F2N4O8/c1-2-33-21(30)27(8-6-14(7-9-27)19(28)29)17-16(26(31)32)18(25-12-24-17)34-11-13-4-3-5-15(10-13)35-20(22)23/h3-5,10,12,14,20H,2,6-9,11H2,1H3/p+1. The second-order valence-corrected chi connectivity index (χ2v) is 7.65. The number of benzene rings is 1. The SMILES string of the molecule is CCOC(=O)[N+]1(c2ncnc(OCc3cccc(OC(F)F)c3)c2[N+](=O)[O-])CCC(C(=O)O)CC1. The summed E-state index contributed by atoms with van der Waals surface area (Å²) in [6.45, 7) is -1.89. The summed E-state index contributed by atoms with van der Waals surface area (Å²) in [5, 5.41) is 21.4. The number of carbonyl (C=O) groups excluding carboxylic acids is 1. The van der Waals surface area contributed by atoms with E-state index in [9.17, 15) is 33.6 Å². The second-order valence-electron chi connectivity index (χ2n) is 7.65. The predicted octanol–water partition coefficient (Wildman–Crippen LogP) is 3.52. The van der Waals surface area contributed by atoms with Crippen LogP contribution in [-0.2, 0) is 16.1 Å². The number of aliphatic carboxylic acids is 1. The van der Waals surface area contributed by atoms with Crippen LogP contribution in [0.4, 0.5) is 25.1 Å². The van der Waals surface area contributed by atoms with Crippen LogP contribution in [0, 0.1) is 16.0 Å². The molecule has 14 heteroatoms. The average Bonchev–Trinajstić information content (AvgIpc) is 2.82. The molecule has 0 aliphatic carbocycles. The topological polar surface area (TPSA) is 151 Å². The van der Waals surface area contributed by atoms with Crippen molar-refractivity contribution in [2.45, 2.75) is 33.0 Å². The van der Waals surface area contributed by atoms with E-state index in [-0.39, 0.29) is 50.7 Å². The Bertz CT molecular complexity index is 1090. The zero-order chi connectivity index (χ0) is 25.6. The van der Waals surface area contributed by atoms with Crippen LogP contribution in [-0.4, -0.2) is 58.4 Å². The lowest BCUT2D eigenvalue weighted by molar-refractivity contribution is -0.386. The van der Waals surface area contributed by atoms with Crippen LogP contribution in [0.3, 0.4) is 0 Å². The minimum atomic E-state index is -3.02. The minimum Gasteiger partial charge on any atom is -0.481 e. The van der Waals surface area contributed by atoms with Crippen molar-refractivity contribution < 1.29 is 42.6 Å². The molecule has 35 heavy (non-hydrogen) atoms. The average molecular weight is 497 g/mol. The maximum absolute atomic E-state index is 13.0. The number of carboxylic acid groups (broad SMARTS) is 1. The number of halogens is 2. The number of amides is 1. The van der Waals surface area contributed by atoms with Crippen LogP contribution in [0.1, 0.15) is 25.3 Å². The van der Waals surface area contributed by atoms with Gasteiger partial charge in [0.2, 0.25) is 0 Å². The van der Waals surface area contributed by atoms with Gasteiger partial charge in [-0.05, 0) is 24.6 Å². The van der Waals surface area contributed by atoms with Crippen molar-refractivity contribution >= 4 is 23.6 Å². The molecule has 3 rings (SSSR count). The number of likely N-dealkylation sites (tertiary alicyclic amines) is 1. The first-order chi connectivity index (χ1) is 16.7. The summed E-state index contributed by atoms with van der Waals surface area (Å²) >= 11 is 0. The first kappa shape index (κ1) is 25.7. The smallest absolute Gasteiger partial charge is 0.481 e. The highest BCUT2D eigenvalue weighted by Gasteiger charge is 2.52. The Morgan fingerprint density at radius 2 is 2.00 bits per heavy atom. The fourth-order valence-electron chi connectivity index (χ4n) is 3.88. The first-order valence-corrected chi connectivity index (χ1v) is 10.6. The van der Waals surface area contributed by atoms with E-state index in [4.69, 9.17) is 9.47 Å². The molecular weight excluding hydrogens is 474 g/mol. The van der Waals surface area contributed by atoms with Gasteiger partial charge in [-0.25, -0.2) is 0 Å². The molecule has 1 aromatic carbocycles. The number of hydrogen-bond acceptors (Lipinski definition) is 9. The number of piperidine rings is 1. The summed E-state index contributed by atoms with van der Waals surface area (Å²) in [6, 6.07) is 5.58. The van der Waals surface area contributed by atoms with E-state index in [1.165, 1.54) is 24.3 Å². The molecule has 2 heterocycles. The molecule has 1 aliphatic heterocycles. The summed E-state index contributed by atoms with van der Waals surface area (Å²) in [4.78, 5) is 43.5. The van der Waals surface area contributed by atoms with Crippen molar-refractivity contribution in [3.63, 3.8) is 0 Å². The lowest BCUT2D eigenvalue weighted by atomic mass is 9.95. The van der Waals surface area contributed by atoms with E-state index in [2.05, 4.69) is 14.7 Å². The van der Waals surface area contributed by atoms with Gasteiger partial charge in [0.25, 0.3) is 0 Å². The Morgan fingerprint density at radius 1 is 1.29 bits per heavy atom. The maximum atomic E-state index is 13.0. The molecule has 1 amide bonds. The number of aromatic nitrogens is 2. The lowest BCUT2D eigenvalue weighted by Gasteiger charge is -2.36. The van der Waals surface area contributed by atoms with Crippen LogP contribution in [0.15, 0.2) is 30.6 Å². The van der Waals surface area contributed by atoms with Crippen LogP contribution in [0.5, 0.6) is 11.6 Å². The third-order valence-electron chi connectivity index (χ3n) is 5.54. The van der Waals surface area contributed by atoms with Gasteiger partial charge in [-0.3, -0.25) is 14.9 Å². The van der Waals surface area contributed by atoms with Crippen molar-refractivity contribution in [1.82, 2.24) is 14.5 Å². The van der Waals surface area contributed by atoms with Crippen LogP contribution in [0.2, 0.25) is 0 Å². The number of carbonyl (C=O) groups is 2. The van der Waals surface area contributed by atoms with Gasteiger partial charge in [-0.15, -0.1) is 0 Å². The van der Waals surface area contributed by atoms with Crippen LogP contribution < -0.4 is 14.0 Å². The summed E-state index contributed by atoms with van der Waals surface area (Å²) in [7, 11) is 0. The van der Waals surface area contributed by atoms with Crippen molar-refractivity contribution in [2.75, 3.05) is 19.7 Å². The Balaban J connectivity index is 1.96. The lowest BCUT2D eigenvalue weighted by Crippen LogP contribution is -2.60. The molecule has 1 aromatic heterocycles. The number of nitro groups is 1. The normalized spacial score (nSPS) is 19.7. The van der Waals surface area contributed by atoms with Crippen LogP contribution in [0.25, 0.3) is 0 Å².